The van der Waals surface area contributed by atoms with Gasteiger partial charge < -0.3 is 20.9 Å². The largest absolute Gasteiger partial charge is 0.350 e. The average molecular weight is 553 g/mol. The molecule has 2 atom stereocenters. The number of nitrogens with one attached hydrogen (secondary N) is 3. The summed E-state index contributed by atoms with van der Waals surface area (Å²) in [6.07, 6.45) is 0.274. The van der Waals surface area contributed by atoms with Crippen LogP contribution >= 0.6 is 23.2 Å². The highest BCUT2D eigenvalue weighted by Crippen LogP contribution is 2.40. The molecule has 9 heteroatoms. The van der Waals surface area contributed by atoms with E-state index in [0.29, 0.717) is 21.4 Å². The summed E-state index contributed by atoms with van der Waals surface area (Å²) in [4.78, 5) is 41.4. The first-order chi connectivity index (χ1) is 18.0. The van der Waals surface area contributed by atoms with Crippen molar-refractivity contribution in [2.24, 2.45) is 0 Å². The van der Waals surface area contributed by atoms with E-state index >= 15 is 0 Å². The molecule has 0 spiro atoms. The van der Waals surface area contributed by atoms with Crippen molar-refractivity contribution in [3.8, 4) is 0 Å². The van der Waals surface area contributed by atoms with Gasteiger partial charge in [0.25, 0.3) is 0 Å². The van der Waals surface area contributed by atoms with Crippen LogP contribution in [-0.2, 0) is 9.59 Å². The molecule has 0 saturated heterocycles. The maximum atomic E-state index is 14.0. The Balaban J connectivity index is 1.72. The van der Waals surface area contributed by atoms with Crippen LogP contribution in [0.3, 0.4) is 0 Å². The van der Waals surface area contributed by atoms with Gasteiger partial charge in [-0.15, -0.1) is 0 Å². The van der Waals surface area contributed by atoms with Crippen LogP contribution in [-0.4, -0.2) is 36.0 Å². The Morgan fingerprint density at radius 2 is 1.66 bits per heavy atom. The quantitative estimate of drug-likeness (QED) is 0.364. The van der Waals surface area contributed by atoms with Gasteiger partial charge in [0.05, 0.1) is 0 Å². The van der Waals surface area contributed by atoms with Gasteiger partial charge in [-0.3, -0.25) is 9.59 Å². The third-order valence-corrected chi connectivity index (χ3v) is 6.57. The molecule has 198 valence electrons. The smallest absolute Gasteiger partial charge is 0.319 e. The minimum atomic E-state index is -0.923. The highest BCUT2D eigenvalue weighted by Gasteiger charge is 2.37. The summed E-state index contributed by atoms with van der Waals surface area (Å²) in [5, 5.41) is 9.47. The number of carbonyl (C=O) groups is 3. The van der Waals surface area contributed by atoms with E-state index in [1.807, 2.05) is 57.2 Å². The molecule has 0 radical (unpaired) electrons. The van der Waals surface area contributed by atoms with Gasteiger partial charge in [0.2, 0.25) is 11.8 Å². The van der Waals surface area contributed by atoms with Crippen molar-refractivity contribution in [3.05, 3.63) is 94.0 Å². The first-order valence-electron chi connectivity index (χ1n) is 12.3. The lowest BCUT2D eigenvalue weighted by molar-refractivity contribution is -0.125. The van der Waals surface area contributed by atoms with Crippen LogP contribution in [0.25, 0.3) is 0 Å². The number of urea groups is 1. The monoisotopic (exact) mass is 552 g/mol. The number of fused-ring (bicyclic) bond motifs is 1. The van der Waals surface area contributed by atoms with Gasteiger partial charge in [-0.2, -0.15) is 0 Å². The van der Waals surface area contributed by atoms with Gasteiger partial charge in [-0.1, -0.05) is 59.6 Å². The van der Waals surface area contributed by atoms with E-state index in [-0.39, 0.29) is 24.8 Å². The van der Waals surface area contributed by atoms with E-state index < -0.39 is 23.5 Å². The molecule has 0 aromatic heterocycles. The molecular formula is C29H30Cl2N4O3. The Morgan fingerprint density at radius 1 is 0.947 bits per heavy atom. The number of carbonyl (C=O) groups excluding carboxylic acids is 3. The van der Waals surface area contributed by atoms with Crippen molar-refractivity contribution < 1.29 is 14.4 Å². The second-order valence-electron chi connectivity index (χ2n) is 10.3. The molecule has 38 heavy (non-hydrogen) atoms. The first kappa shape index (κ1) is 27.5. The third kappa shape index (κ3) is 6.85. The van der Waals surface area contributed by atoms with Gasteiger partial charge in [-0.25, -0.2) is 4.79 Å². The summed E-state index contributed by atoms with van der Waals surface area (Å²) in [6, 6.07) is 20.3. The molecule has 0 fully saturated rings. The van der Waals surface area contributed by atoms with Gasteiger partial charge in [0.1, 0.15) is 12.6 Å². The summed E-state index contributed by atoms with van der Waals surface area (Å²) >= 11 is 12.5. The maximum absolute atomic E-state index is 14.0. The molecule has 3 aromatic rings. The molecule has 3 aromatic carbocycles. The number of halogens is 2. The second kappa shape index (κ2) is 11.5. The minimum Gasteiger partial charge on any atom is -0.350 e. The van der Waals surface area contributed by atoms with Crippen molar-refractivity contribution in [1.29, 1.82) is 0 Å². The number of hydrogen-bond acceptors (Lipinski definition) is 3. The molecule has 1 heterocycles. The molecule has 1 aliphatic heterocycles. The number of benzene rings is 3. The molecule has 0 saturated carbocycles. The van der Waals surface area contributed by atoms with Crippen molar-refractivity contribution in [2.45, 2.75) is 44.7 Å². The van der Waals surface area contributed by atoms with E-state index in [2.05, 4.69) is 16.0 Å². The molecule has 3 N–H and O–H groups in total. The normalized spacial score (nSPS) is 17.3. The molecule has 4 amide bonds. The Morgan fingerprint density at radius 3 is 2.34 bits per heavy atom. The van der Waals surface area contributed by atoms with Crippen molar-refractivity contribution >= 4 is 52.4 Å². The Kier molecular flexibility index (Phi) is 8.29. The van der Waals surface area contributed by atoms with Crippen molar-refractivity contribution in [3.63, 3.8) is 0 Å². The first-order valence-corrected chi connectivity index (χ1v) is 13.1. The molecule has 0 bridgehead atoms. The van der Waals surface area contributed by atoms with Crippen LogP contribution in [0, 0.1) is 0 Å². The predicted molar refractivity (Wildman–Crippen MR) is 152 cm³/mol. The molecule has 1 aliphatic rings. The van der Waals surface area contributed by atoms with E-state index in [4.69, 9.17) is 23.2 Å². The van der Waals surface area contributed by atoms with Gasteiger partial charge >= 0.3 is 6.03 Å². The second-order valence-corrected chi connectivity index (χ2v) is 11.2. The number of anilines is 2. The molecule has 7 nitrogen and oxygen atoms in total. The Bertz CT molecular complexity index is 1340. The highest BCUT2D eigenvalue weighted by molar-refractivity contribution is 6.31. The highest BCUT2D eigenvalue weighted by atomic mass is 35.5. The fourth-order valence-corrected chi connectivity index (χ4v) is 4.97. The maximum Gasteiger partial charge on any atom is 0.319 e. The summed E-state index contributed by atoms with van der Waals surface area (Å²) in [7, 11) is 0. The van der Waals surface area contributed by atoms with Crippen LogP contribution < -0.4 is 20.9 Å². The zero-order valence-electron chi connectivity index (χ0n) is 21.4. The van der Waals surface area contributed by atoms with Crippen LogP contribution in [0.5, 0.6) is 0 Å². The number of nitrogens with zero attached hydrogens (tertiary/aromatic N) is 1. The topological polar surface area (TPSA) is 90.5 Å². The van der Waals surface area contributed by atoms with Crippen LogP contribution in [0.4, 0.5) is 16.2 Å². The van der Waals surface area contributed by atoms with Crippen molar-refractivity contribution in [1.82, 2.24) is 10.6 Å². The lowest BCUT2D eigenvalue weighted by atomic mass is 9.86. The number of hydrogen-bond donors (Lipinski definition) is 3. The van der Waals surface area contributed by atoms with Gasteiger partial charge in [-0.05, 0) is 74.7 Å². The zero-order valence-corrected chi connectivity index (χ0v) is 22.9. The minimum absolute atomic E-state index is 0.208. The fraction of sp³-hybridized carbons (Fsp3) is 0.276. The molecular weight excluding hydrogens is 523 g/mol. The number of amides is 4. The van der Waals surface area contributed by atoms with E-state index in [0.717, 1.165) is 11.1 Å². The summed E-state index contributed by atoms with van der Waals surface area (Å²) < 4.78 is 0. The molecule has 2 unspecified atom stereocenters. The summed E-state index contributed by atoms with van der Waals surface area (Å²) in [5.41, 5.74) is 2.37. The third-order valence-electron chi connectivity index (χ3n) is 6.10. The van der Waals surface area contributed by atoms with E-state index in [1.165, 1.54) is 4.90 Å². The molecule has 0 aliphatic carbocycles. The Hall–Kier alpha value is -3.55. The predicted octanol–water partition coefficient (Wildman–Crippen LogP) is 5.97. The lowest BCUT2D eigenvalue weighted by Gasteiger charge is -2.28. The average Bonchev–Trinajstić information content (AvgIpc) is 2.94. The van der Waals surface area contributed by atoms with Gasteiger partial charge in [0.15, 0.2) is 0 Å². The van der Waals surface area contributed by atoms with Crippen molar-refractivity contribution in [2.75, 3.05) is 16.8 Å². The Labute approximate surface area is 232 Å². The SMILES string of the molecule is CC(C)(C)NC(=O)CN1C(=O)C(NC(=O)Nc2cccc(Cl)c2)CC(c2ccccc2)c2cc(Cl)ccc21. The fourth-order valence-electron chi connectivity index (χ4n) is 4.60. The van der Waals surface area contributed by atoms with Crippen LogP contribution in [0.15, 0.2) is 72.8 Å². The lowest BCUT2D eigenvalue weighted by Crippen LogP contribution is -2.53. The van der Waals surface area contributed by atoms with E-state index in [1.54, 1.807) is 36.4 Å². The molecule has 4 rings (SSSR count). The summed E-state index contributed by atoms with van der Waals surface area (Å²) in [6.45, 7) is 5.41. The standard InChI is InChI=1S/C29H30Cl2N4O3/c1-29(2,3)34-26(36)17-35-25-13-12-20(31)15-23(25)22(18-8-5-4-6-9-18)16-24(27(35)37)33-28(38)32-21-11-7-10-19(30)14-21/h4-15,22,24H,16-17H2,1-3H3,(H,34,36)(H2,32,33,38). The summed E-state index contributed by atoms with van der Waals surface area (Å²) in [5.74, 6) is -0.967. The van der Waals surface area contributed by atoms with Gasteiger partial charge in [0, 0.05) is 32.9 Å². The zero-order chi connectivity index (χ0) is 27.4. The van der Waals surface area contributed by atoms with Crippen LogP contribution in [0.1, 0.15) is 44.2 Å². The van der Waals surface area contributed by atoms with Crippen LogP contribution in [0.2, 0.25) is 10.0 Å². The van der Waals surface area contributed by atoms with E-state index in [9.17, 15) is 14.4 Å². The number of rotatable bonds is 5.